The standard InChI is InChI=1S/C22H24N4O/c1-3-18-13-21(27)25-22(24-18)17-9-11-20(23-14-17)26(2)19-10-8-15-6-4-5-7-16(15)12-19/h4-7,9,11,13-14,19H,3,8,10,12H2,1-2H3,(H,24,25,27). The highest BCUT2D eigenvalue weighted by Gasteiger charge is 2.22. The monoisotopic (exact) mass is 360 g/mol. The summed E-state index contributed by atoms with van der Waals surface area (Å²) in [6.45, 7) is 1.99. The number of rotatable bonds is 4. The van der Waals surface area contributed by atoms with Gasteiger partial charge in [0.1, 0.15) is 11.6 Å². The van der Waals surface area contributed by atoms with Crippen LogP contribution in [0.15, 0.2) is 53.5 Å². The number of likely N-dealkylation sites (N-methyl/N-ethyl adjacent to an activating group) is 1. The SMILES string of the molecule is CCc1cc(=O)[nH]c(-c2ccc(N(C)C3CCc4ccccc4C3)nc2)n1. The van der Waals surface area contributed by atoms with E-state index in [1.165, 1.54) is 11.1 Å². The van der Waals surface area contributed by atoms with Crippen molar-refractivity contribution in [3.05, 3.63) is 75.8 Å². The van der Waals surface area contributed by atoms with Gasteiger partial charge < -0.3 is 9.88 Å². The van der Waals surface area contributed by atoms with Crippen LogP contribution in [0.3, 0.4) is 0 Å². The van der Waals surface area contributed by atoms with Crippen LogP contribution in [0.5, 0.6) is 0 Å². The predicted octanol–water partition coefficient (Wildman–Crippen LogP) is 3.39. The van der Waals surface area contributed by atoms with Crippen LogP contribution >= 0.6 is 0 Å². The number of aromatic nitrogens is 3. The molecule has 0 bridgehead atoms. The van der Waals surface area contributed by atoms with Crippen LogP contribution in [0.25, 0.3) is 11.4 Å². The first-order chi connectivity index (χ1) is 13.1. The van der Waals surface area contributed by atoms with E-state index in [0.717, 1.165) is 42.8 Å². The Hall–Kier alpha value is -2.95. The van der Waals surface area contributed by atoms with Crippen LogP contribution < -0.4 is 10.5 Å². The van der Waals surface area contributed by atoms with Gasteiger partial charge in [0.15, 0.2) is 0 Å². The van der Waals surface area contributed by atoms with Gasteiger partial charge in [0.25, 0.3) is 5.56 Å². The number of nitrogens with zero attached hydrogens (tertiary/aromatic N) is 3. The molecule has 1 N–H and O–H groups in total. The number of hydrogen-bond donors (Lipinski definition) is 1. The number of H-pyrrole nitrogens is 1. The molecular formula is C22H24N4O. The fraction of sp³-hybridized carbons (Fsp3) is 0.318. The van der Waals surface area contributed by atoms with E-state index in [1.54, 1.807) is 12.3 Å². The summed E-state index contributed by atoms with van der Waals surface area (Å²) in [5.41, 5.74) is 4.40. The van der Waals surface area contributed by atoms with Gasteiger partial charge in [-0.05, 0) is 48.9 Å². The molecule has 0 radical (unpaired) electrons. The van der Waals surface area contributed by atoms with E-state index in [0.29, 0.717) is 11.9 Å². The first-order valence-corrected chi connectivity index (χ1v) is 9.50. The molecule has 1 atom stereocenters. The molecule has 2 aromatic heterocycles. The third kappa shape index (κ3) is 3.63. The van der Waals surface area contributed by atoms with Crippen LogP contribution in [0.2, 0.25) is 0 Å². The van der Waals surface area contributed by atoms with Crippen molar-refractivity contribution < 1.29 is 0 Å². The molecule has 1 aliphatic rings. The van der Waals surface area contributed by atoms with Crippen molar-refractivity contribution in [1.29, 1.82) is 0 Å². The van der Waals surface area contributed by atoms with Crippen LogP contribution in [0, 0.1) is 0 Å². The third-order valence-corrected chi connectivity index (χ3v) is 5.41. The van der Waals surface area contributed by atoms with Crippen molar-refractivity contribution in [1.82, 2.24) is 15.0 Å². The van der Waals surface area contributed by atoms with Crippen LogP contribution in [-0.2, 0) is 19.3 Å². The normalized spacial score (nSPS) is 16.0. The van der Waals surface area contributed by atoms with Crippen molar-refractivity contribution >= 4 is 5.82 Å². The Morgan fingerprint density at radius 1 is 1.19 bits per heavy atom. The fourth-order valence-electron chi connectivity index (χ4n) is 3.76. The van der Waals surface area contributed by atoms with Gasteiger partial charge in [-0.3, -0.25) is 4.79 Å². The van der Waals surface area contributed by atoms with E-state index in [1.807, 2.05) is 19.1 Å². The highest BCUT2D eigenvalue weighted by Crippen LogP contribution is 2.26. The minimum atomic E-state index is -0.126. The molecular weight excluding hydrogens is 336 g/mol. The number of fused-ring (bicyclic) bond motifs is 1. The number of anilines is 1. The van der Waals surface area contributed by atoms with Gasteiger partial charge in [-0.1, -0.05) is 31.2 Å². The molecule has 0 saturated heterocycles. The van der Waals surface area contributed by atoms with Crippen molar-refractivity contribution in [3.8, 4) is 11.4 Å². The fourth-order valence-corrected chi connectivity index (χ4v) is 3.76. The van der Waals surface area contributed by atoms with Gasteiger partial charge in [0, 0.05) is 36.6 Å². The zero-order valence-electron chi connectivity index (χ0n) is 15.8. The zero-order chi connectivity index (χ0) is 18.8. The van der Waals surface area contributed by atoms with Gasteiger partial charge in [0.05, 0.1) is 0 Å². The maximum Gasteiger partial charge on any atom is 0.251 e. The molecule has 1 unspecified atom stereocenters. The Bertz CT molecular complexity index is 994. The van der Waals surface area contributed by atoms with Crippen LogP contribution in [-0.4, -0.2) is 28.0 Å². The summed E-state index contributed by atoms with van der Waals surface area (Å²) in [5, 5.41) is 0. The van der Waals surface area contributed by atoms with Crippen molar-refractivity contribution in [2.45, 2.75) is 38.6 Å². The second-order valence-corrected chi connectivity index (χ2v) is 7.12. The molecule has 1 aliphatic carbocycles. The average Bonchev–Trinajstić information content (AvgIpc) is 2.72. The molecule has 27 heavy (non-hydrogen) atoms. The summed E-state index contributed by atoms with van der Waals surface area (Å²) in [6, 6.07) is 14.7. The van der Waals surface area contributed by atoms with E-state index in [9.17, 15) is 4.79 Å². The molecule has 138 valence electrons. The predicted molar refractivity (Wildman–Crippen MR) is 108 cm³/mol. The number of pyridine rings is 1. The lowest BCUT2D eigenvalue weighted by molar-refractivity contribution is 0.544. The minimum Gasteiger partial charge on any atom is -0.356 e. The maximum absolute atomic E-state index is 11.8. The van der Waals surface area contributed by atoms with Crippen molar-refractivity contribution in [2.75, 3.05) is 11.9 Å². The van der Waals surface area contributed by atoms with Crippen molar-refractivity contribution in [3.63, 3.8) is 0 Å². The molecule has 5 heteroatoms. The summed E-state index contributed by atoms with van der Waals surface area (Å²) in [7, 11) is 2.11. The number of nitrogens with one attached hydrogen (secondary N) is 1. The molecule has 0 amide bonds. The molecule has 0 fully saturated rings. The molecule has 4 rings (SSSR count). The second-order valence-electron chi connectivity index (χ2n) is 7.12. The van der Waals surface area contributed by atoms with E-state index >= 15 is 0 Å². The summed E-state index contributed by atoms with van der Waals surface area (Å²) < 4.78 is 0. The van der Waals surface area contributed by atoms with Gasteiger partial charge in [0.2, 0.25) is 0 Å². The lowest BCUT2D eigenvalue weighted by atomic mass is 9.88. The Labute approximate surface area is 159 Å². The molecule has 0 spiro atoms. The Kier molecular flexibility index (Phi) is 4.75. The molecule has 2 heterocycles. The van der Waals surface area contributed by atoms with E-state index in [-0.39, 0.29) is 5.56 Å². The zero-order valence-corrected chi connectivity index (χ0v) is 15.8. The Morgan fingerprint density at radius 2 is 2.00 bits per heavy atom. The summed E-state index contributed by atoms with van der Waals surface area (Å²) in [5.74, 6) is 1.52. The first-order valence-electron chi connectivity index (χ1n) is 9.50. The summed E-state index contributed by atoms with van der Waals surface area (Å²) in [6.07, 6.45) is 5.81. The lowest BCUT2D eigenvalue weighted by Gasteiger charge is -2.33. The first kappa shape index (κ1) is 17.5. The highest BCUT2D eigenvalue weighted by molar-refractivity contribution is 5.56. The van der Waals surface area contributed by atoms with Gasteiger partial charge in [-0.2, -0.15) is 0 Å². The smallest absolute Gasteiger partial charge is 0.251 e. The van der Waals surface area contributed by atoms with Crippen LogP contribution in [0.1, 0.15) is 30.2 Å². The van der Waals surface area contributed by atoms with E-state index < -0.39 is 0 Å². The number of aryl methyl sites for hydroxylation is 2. The van der Waals surface area contributed by atoms with Gasteiger partial charge >= 0.3 is 0 Å². The third-order valence-electron chi connectivity index (χ3n) is 5.41. The van der Waals surface area contributed by atoms with Crippen LogP contribution in [0.4, 0.5) is 5.82 Å². The lowest BCUT2D eigenvalue weighted by Crippen LogP contribution is -2.37. The largest absolute Gasteiger partial charge is 0.356 e. The molecule has 3 aromatic rings. The molecule has 0 aliphatic heterocycles. The second kappa shape index (κ2) is 7.35. The highest BCUT2D eigenvalue weighted by atomic mass is 16.1. The quantitative estimate of drug-likeness (QED) is 0.775. The average molecular weight is 360 g/mol. The maximum atomic E-state index is 11.8. The van der Waals surface area contributed by atoms with E-state index in [4.69, 9.17) is 0 Å². The Balaban J connectivity index is 1.54. The van der Waals surface area contributed by atoms with E-state index in [2.05, 4.69) is 51.2 Å². The van der Waals surface area contributed by atoms with Gasteiger partial charge in [-0.15, -0.1) is 0 Å². The summed E-state index contributed by atoms with van der Waals surface area (Å²) >= 11 is 0. The number of benzene rings is 1. The number of aromatic amines is 1. The Morgan fingerprint density at radius 3 is 2.74 bits per heavy atom. The molecule has 5 nitrogen and oxygen atoms in total. The summed E-state index contributed by atoms with van der Waals surface area (Å²) in [4.78, 5) is 26.0. The molecule has 0 saturated carbocycles. The van der Waals surface area contributed by atoms with Gasteiger partial charge in [-0.25, -0.2) is 9.97 Å². The topological polar surface area (TPSA) is 61.9 Å². The number of hydrogen-bond acceptors (Lipinski definition) is 4. The minimum absolute atomic E-state index is 0.126. The molecule has 1 aromatic carbocycles. The van der Waals surface area contributed by atoms with Crippen molar-refractivity contribution in [2.24, 2.45) is 0 Å².